The van der Waals surface area contributed by atoms with Crippen molar-refractivity contribution in [2.45, 2.75) is 25.9 Å². The molecule has 1 N–H and O–H groups in total. The minimum absolute atomic E-state index is 0.116. The van der Waals surface area contributed by atoms with Gasteiger partial charge < -0.3 is 15.1 Å². The second kappa shape index (κ2) is 8.78. The zero-order valence-corrected chi connectivity index (χ0v) is 17.9. The summed E-state index contributed by atoms with van der Waals surface area (Å²) in [5.74, 6) is -0.982. The van der Waals surface area contributed by atoms with Crippen LogP contribution < -0.4 is 15.1 Å². The predicted octanol–water partition coefficient (Wildman–Crippen LogP) is 4.27. The second-order valence-corrected chi connectivity index (χ2v) is 8.98. The number of thioether (sulfide) groups is 1. The third-order valence-corrected chi connectivity index (χ3v) is 6.34. The van der Waals surface area contributed by atoms with Gasteiger partial charge in [0, 0.05) is 49.2 Å². The maximum Gasteiger partial charge on any atom is 0.264 e. The number of nitrogens with one attached hydrogen (secondary N) is 1. The Kier molecular flexibility index (Phi) is 6.11. The smallest absolute Gasteiger partial charge is 0.264 e. The molecule has 2 aromatic carbocycles. The number of hydrogen-bond acceptors (Lipinski definition) is 4. The number of benzene rings is 2. The zero-order valence-electron chi connectivity index (χ0n) is 17.1. The lowest BCUT2D eigenvalue weighted by Crippen LogP contribution is -2.54. The van der Waals surface area contributed by atoms with E-state index in [-0.39, 0.29) is 11.6 Å². The highest BCUT2D eigenvalue weighted by Gasteiger charge is 2.28. The minimum Gasteiger partial charge on any atom is -0.368 e. The van der Waals surface area contributed by atoms with E-state index in [2.05, 4.69) is 30.1 Å². The highest BCUT2D eigenvalue weighted by Crippen LogP contribution is 2.33. The monoisotopic (exact) mass is 429 g/mol. The summed E-state index contributed by atoms with van der Waals surface area (Å²) in [4.78, 5) is 17.4. The number of carbonyl (C=O) groups excluding carboxylic acids is 1. The van der Waals surface area contributed by atoms with Crippen LogP contribution in [-0.2, 0) is 4.79 Å². The summed E-state index contributed by atoms with van der Waals surface area (Å²) >= 11 is 1.47. The molecule has 4 rings (SSSR count). The van der Waals surface area contributed by atoms with Crippen LogP contribution in [0.25, 0.3) is 6.08 Å². The first-order valence-electron chi connectivity index (χ1n) is 10.1. The van der Waals surface area contributed by atoms with Gasteiger partial charge in [-0.15, -0.1) is 11.8 Å². The summed E-state index contributed by atoms with van der Waals surface area (Å²) in [5.41, 5.74) is 2.17. The molecule has 2 unspecified atom stereocenters. The number of nitrogens with zero attached hydrogens (tertiary/aromatic N) is 2. The normalized spacial score (nSPS) is 23.9. The van der Waals surface area contributed by atoms with Crippen molar-refractivity contribution in [2.75, 3.05) is 35.2 Å². The summed E-state index contributed by atoms with van der Waals surface area (Å²) in [6.07, 6.45) is 1.90. The fourth-order valence-electron chi connectivity index (χ4n) is 4.14. The third kappa shape index (κ3) is 4.37. The zero-order chi connectivity index (χ0) is 21.3. The van der Waals surface area contributed by atoms with Gasteiger partial charge in [-0.05, 0) is 43.7 Å². The first-order chi connectivity index (χ1) is 14.4. The number of piperazine rings is 1. The van der Waals surface area contributed by atoms with Crippen LogP contribution in [0.3, 0.4) is 0 Å². The molecule has 2 saturated heterocycles. The molecule has 0 bridgehead atoms. The van der Waals surface area contributed by atoms with Crippen molar-refractivity contribution < 1.29 is 13.6 Å². The molecular weight excluding hydrogens is 404 g/mol. The molecule has 2 aromatic rings. The predicted molar refractivity (Wildman–Crippen MR) is 120 cm³/mol. The molecule has 0 aromatic heterocycles. The van der Waals surface area contributed by atoms with Crippen LogP contribution in [0, 0.1) is 11.6 Å². The van der Waals surface area contributed by atoms with Crippen LogP contribution in [0.4, 0.5) is 20.2 Å². The van der Waals surface area contributed by atoms with E-state index in [9.17, 15) is 13.6 Å². The fraction of sp³-hybridized carbons (Fsp3) is 0.348. The van der Waals surface area contributed by atoms with Crippen LogP contribution in [0.2, 0.25) is 0 Å². The molecule has 2 aliphatic heterocycles. The number of rotatable bonds is 3. The van der Waals surface area contributed by atoms with Gasteiger partial charge in [-0.2, -0.15) is 0 Å². The van der Waals surface area contributed by atoms with E-state index < -0.39 is 11.6 Å². The van der Waals surface area contributed by atoms with Crippen LogP contribution in [-0.4, -0.2) is 43.4 Å². The number of anilines is 2. The molecule has 30 heavy (non-hydrogen) atoms. The van der Waals surface area contributed by atoms with Crippen molar-refractivity contribution >= 4 is 35.1 Å². The van der Waals surface area contributed by atoms with E-state index in [0.717, 1.165) is 30.4 Å². The number of halogens is 2. The van der Waals surface area contributed by atoms with E-state index in [1.165, 1.54) is 28.8 Å². The highest BCUT2D eigenvalue weighted by molar-refractivity contribution is 8.04. The molecule has 1 amide bonds. The standard InChI is InChI=1S/C23H25F2N3OS/c1-15-13-27(14-16(2)26-15)20-6-4-3-5-17(20)11-22-23(29)28(9-10-30-22)21-8-7-18(24)12-19(21)25/h3-8,11-12,15-16,26H,9-10,13-14H2,1-2H3/b22-11+. The van der Waals surface area contributed by atoms with Crippen LogP contribution >= 0.6 is 11.8 Å². The molecule has 0 saturated carbocycles. The number of amides is 1. The molecule has 158 valence electrons. The minimum atomic E-state index is -0.723. The van der Waals surface area contributed by atoms with E-state index in [1.807, 2.05) is 24.3 Å². The summed E-state index contributed by atoms with van der Waals surface area (Å²) in [6, 6.07) is 12.1. The van der Waals surface area contributed by atoms with Gasteiger partial charge in [-0.3, -0.25) is 4.79 Å². The topological polar surface area (TPSA) is 35.6 Å². The van der Waals surface area contributed by atoms with Gasteiger partial charge in [0.1, 0.15) is 11.6 Å². The summed E-state index contributed by atoms with van der Waals surface area (Å²) in [6.45, 7) is 6.49. The van der Waals surface area contributed by atoms with Gasteiger partial charge in [0.15, 0.2) is 0 Å². The fourth-order valence-corrected chi connectivity index (χ4v) is 5.08. The molecular formula is C23H25F2N3OS. The molecule has 4 nitrogen and oxygen atoms in total. The van der Waals surface area contributed by atoms with E-state index >= 15 is 0 Å². The Morgan fingerprint density at radius 1 is 1.07 bits per heavy atom. The summed E-state index contributed by atoms with van der Waals surface area (Å²) in [5, 5.41) is 3.54. The molecule has 0 aliphatic carbocycles. The first kappa shape index (κ1) is 20.9. The number of para-hydroxylation sites is 1. The van der Waals surface area contributed by atoms with E-state index in [0.29, 0.717) is 29.3 Å². The Hall–Kier alpha value is -2.38. The molecule has 2 aliphatic rings. The molecule has 0 spiro atoms. The van der Waals surface area contributed by atoms with Gasteiger partial charge in [-0.25, -0.2) is 8.78 Å². The lowest BCUT2D eigenvalue weighted by Gasteiger charge is -2.38. The van der Waals surface area contributed by atoms with Gasteiger partial charge in [0.25, 0.3) is 5.91 Å². The Bertz CT molecular complexity index is 971. The van der Waals surface area contributed by atoms with Crippen LogP contribution in [0.5, 0.6) is 0 Å². The lowest BCUT2D eigenvalue weighted by atomic mass is 10.1. The maximum atomic E-state index is 14.3. The largest absolute Gasteiger partial charge is 0.368 e. The Morgan fingerprint density at radius 3 is 2.53 bits per heavy atom. The lowest BCUT2D eigenvalue weighted by molar-refractivity contribution is -0.114. The average molecular weight is 430 g/mol. The summed E-state index contributed by atoms with van der Waals surface area (Å²) < 4.78 is 27.6. The molecule has 0 radical (unpaired) electrons. The van der Waals surface area contributed by atoms with Crippen LogP contribution in [0.1, 0.15) is 19.4 Å². The number of hydrogen-bond donors (Lipinski definition) is 1. The van der Waals surface area contributed by atoms with Gasteiger partial charge in [0.2, 0.25) is 0 Å². The first-order valence-corrected chi connectivity index (χ1v) is 11.1. The van der Waals surface area contributed by atoms with Gasteiger partial charge in [-0.1, -0.05) is 18.2 Å². The molecule has 7 heteroatoms. The molecule has 2 heterocycles. The molecule has 2 atom stereocenters. The number of carbonyl (C=O) groups is 1. The Labute approximate surface area is 179 Å². The van der Waals surface area contributed by atoms with Crippen LogP contribution in [0.15, 0.2) is 47.4 Å². The van der Waals surface area contributed by atoms with Crippen molar-refractivity contribution in [1.29, 1.82) is 0 Å². The third-order valence-electron chi connectivity index (χ3n) is 5.35. The van der Waals surface area contributed by atoms with Gasteiger partial charge >= 0.3 is 0 Å². The van der Waals surface area contributed by atoms with Crippen molar-refractivity contribution in [3.05, 3.63) is 64.6 Å². The van der Waals surface area contributed by atoms with Gasteiger partial charge in [0.05, 0.1) is 10.6 Å². The maximum absolute atomic E-state index is 14.3. The van der Waals surface area contributed by atoms with Crippen molar-refractivity contribution in [2.24, 2.45) is 0 Å². The summed E-state index contributed by atoms with van der Waals surface area (Å²) in [7, 11) is 0. The average Bonchev–Trinajstić information content (AvgIpc) is 2.70. The molecule has 2 fully saturated rings. The Morgan fingerprint density at radius 2 is 1.80 bits per heavy atom. The van der Waals surface area contributed by atoms with E-state index in [1.54, 1.807) is 0 Å². The van der Waals surface area contributed by atoms with Crippen molar-refractivity contribution in [1.82, 2.24) is 5.32 Å². The quantitative estimate of drug-likeness (QED) is 0.739. The van der Waals surface area contributed by atoms with E-state index in [4.69, 9.17) is 0 Å². The Balaban J connectivity index is 1.64. The van der Waals surface area contributed by atoms with Crippen molar-refractivity contribution in [3.8, 4) is 0 Å². The highest BCUT2D eigenvalue weighted by atomic mass is 32.2. The SMILES string of the molecule is CC1CN(c2ccccc2/C=C2/SCCN(c3ccc(F)cc3F)C2=O)CC(C)N1. The second-order valence-electron chi connectivity index (χ2n) is 7.84. The van der Waals surface area contributed by atoms with Crippen molar-refractivity contribution in [3.63, 3.8) is 0 Å².